The fraction of sp³-hybridized carbons (Fsp3) is 0.462. The number of aliphatic hydroxyl groups is 1. The van der Waals surface area contributed by atoms with Crippen LogP contribution in [-0.2, 0) is 10.0 Å². The van der Waals surface area contributed by atoms with Crippen molar-refractivity contribution in [1.82, 2.24) is 10.0 Å². The predicted octanol–water partition coefficient (Wildman–Crippen LogP) is 0.0954. The third kappa shape index (κ3) is 3.36. The van der Waals surface area contributed by atoms with Gasteiger partial charge >= 0.3 is 0 Å². The van der Waals surface area contributed by atoms with Crippen molar-refractivity contribution < 1.29 is 18.3 Å². The Hall–Kier alpha value is -1.44. The summed E-state index contributed by atoms with van der Waals surface area (Å²) >= 11 is 0. The third-order valence-corrected chi connectivity index (χ3v) is 4.87. The molecule has 0 bridgehead atoms. The first kappa shape index (κ1) is 15.0. The Morgan fingerprint density at radius 2 is 1.90 bits per heavy atom. The molecule has 0 atom stereocenters. The van der Waals surface area contributed by atoms with Gasteiger partial charge in [0.15, 0.2) is 0 Å². The number of hydrogen-bond donors (Lipinski definition) is 3. The van der Waals surface area contributed by atoms with E-state index in [1.54, 1.807) is 0 Å². The number of aliphatic hydroxyl groups excluding tert-OH is 1. The first-order valence-electron chi connectivity index (χ1n) is 6.42. The quantitative estimate of drug-likeness (QED) is 0.718. The number of carbonyl (C=O) groups is 1. The minimum absolute atomic E-state index is 0.130. The van der Waals surface area contributed by atoms with Crippen molar-refractivity contribution in [1.29, 1.82) is 0 Å². The van der Waals surface area contributed by atoms with Gasteiger partial charge in [0.1, 0.15) is 0 Å². The van der Waals surface area contributed by atoms with Gasteiger partial charge in [-0.2, -0.15) is 0 Å². The topological polar surface area (TPSA) is 95.5 Å². The van der Waals surface area contributed by atoms with Crippen LogP contribution in [0.5, 0.6) is 0 Å². The molecule has 7 heteroatoms. The lowest BCUT2D eigenvalue weighted by molar-refractivity contribution is 0.0453. The molecule has 0 saturated heterocycles. The van der Waals surface area contributed by atoms with E-state index in [1.165, 1.54) is 31.3 Å². The maximum absolute atomic E-state index is 12.0. The van der Waals surface area contributed by atoms with Gasteiger partial charge < -0.3 is 10.4 Å². The summed E-state index contributed by atoms with van der Waals surface area (Å²) in [5.41, 5.74) is 0.411. The van der Waals surface area contributed by atoms with Gasteiger partial charge in [0.05, 0.1) is 11.0 Å². The molecule has 1 fully saturated rings. The van der Waals surface area contributed by atoms with E-state index in [4.69, 9.17) is 5.11 Å². The number of rotatable bonds is 5. The SMILES string of the molecule is CNC(=O)c1ccc(S(=O)(=O)NCC2CC(O)C2)cc1. The molecule has 0 aromatic heterocycles. The van der Waals surface area contributed by atoms with E-state index in [9.17, 15) is 13.2 Å². The van der Waals surface area contributed by atoms with Gasteiger partial charge in [-0.3, -0.25) is 4.79 Å². The Morgan fingerprint density at radius 1 is 1.30 bits per heavy atom. The summed E-state index contributed by atoms with van der Waals surface area (Å²) in [7, 11) is -2.05. The van der Waals surface area contributed by atoms with Gasteiger partial charge in [-0.1, -0.05) is 0 Å². The molecular formula is C13H18N2O4S. The average molecular weight is 298 g/mol. The van der Waals surface area contributed by atoms with Crippen LogP contribution in [0.3, 0.4) is 0 Å². The monoisotopic (exact) mass is 298 g/mol. The summed E-state index contributed by atoms with van der Waals surface area (Å²) in [5, 5.41) is 11.6. The maximum atomic E-state index is 12.0. The zero-order valence-corrected chi connectivity index (χ0v) is 12.0. The summed E-state index contributed by atoms with van der Waals surface area (Å²) in [6.45, 7) is 0.330. The highest BCUT2D eigenvalue weighted by Crippen LogP contribution is 2.26. The van der Waals surface area contributed by atoms with E-state index in [0.717, 1.165) is 0 Å². The van der Waals surface area contributed by atoms with Gasteiger partial charge in [-0.25, -0.2) is 13.1 Å². The average Bonchev–Trinajstić information content (AvgIpc) is 2.41. The maximum Gasteiger partial charge on any atom is 0.251 e. The number of sulfonamides is 1. The van der Waals surface area contributed by atoms with Crippen molar-refractivity contribution >= 4 is 15.9 Å². The van der Waals surface area contributed by atoms with Crippen molar-refractivity contribution in [2.45, 2.75) is 23.8 Å². The highest BCUT2D eigenvalue weighted by atomic mass is 32.2. The zero-order valence-electron chi connectivity index (χ0n) is 11.2. The van der Waals surface area contributed by atoms with Crippen LogP contribution < -0.4 is 10.0 Å². The van der Waals surface area contributed by atoms with E-state index in [2.05, 4.69) is 10.0 Å². The number of carbonyl (C=O) groups excluding carboxylic acids is 1. The lowest BCUT2D eigenvalue weighted by Crippen LogP contribution is -2.38. The molecule has 0 radical (unpaired) electrons. The highest BCUT2D eigenvalue weighted by molar-refractivity contribution is 7.89. The van der Waals surface area contributed by atoms with Gasteiger partial charge in [0.25, 0.3) is 5.91 Å². The van der Waals surface area contributed by atoms with Crippen molar-refractivity contribution in [2.75, 3.05) is 13.6 Å². The second kappa shape index (κ2) is 5.90. The molecule has 1 aliphatic rings. The molecule has 20 heavy (non-hydrogen) atoms. The van der Waals surface area contributed by atoms with Crippen LogP contribution in [0.4, 0.5) is 0 Å². The molecule has 3 N–H and O–H groups in total. The van der Waals surface area contributed by atoms with Gasteiger partial charge in [-0.05, 0) is 43.0 Å². The minimum Gasteiger partial charge on any atom is -0.393 e. The van der Waals surface area contributed by atoms with E-state index in [-0.39, 0.29) is 22.8 Å². The second-order valence-corrected chi connectivity index (χ2v) is 6.71. The summed E-state index contributed by atoms with van der Waals surface area (Å²) < 4.78 is 26.6. The van der Waals surface area contributed by atoms with Gasteiger partial charge in [0, 0.05) is 19.2 Å². The summed E-state index contributed by atoms with van der Waals surface area (Å²) in [5.74, 6) is -0.0599. The van der Waals surface area contributed by atoms with Crippen LogP contribution in [0.15, 0.2) is 29.2 Å². The predicted molar refractivity (Wildman–Crippen MR) is 73.8 cm³/mol. The van der Waals surface area contributed by atoms with E-state index >= 15 is 0 Å². The van der Waals surface area contributed by atoms with Crippen molar-refractivity contribution in [3.05, 3.63) is 29.8 Å². The smallest absolute Gasteiger partial charge is 0.251 e. The van der Waals surface area contributed by atoms with E-state index < -0.39 is 10.0 Å². The van der Waals surface area contributed by atoms with E-state index in [1.807, 2.05) is 0 Å². The number of nitrogens with one attached hydrogen (secondary N) is 2. The Balaban J connectivity index is 2.00. The number of hydrogen-bond acceptors (Lipinski definition) is 4. The second-order valence-electron chi connectivity index (χ2n) is 4.95. The van der Waals surface area contributed by atoms with Crippen LogP contribution in [0, 0.1) is 5.92 Å². The summed E-state index contributed by atoms with van der Waals surface area (Å²) in [6.07, 6.45) is 0.979. The molecular weight excluding hydrogens is 280 g/mol. The van der Waals surface area contributed by atoms with Crippen molar-refractivity contribution in [3.8, 4) is 0 Å². The molecule has 0 spiro atoms. The number of amides is 1. The van der Waals surface area contributed by atoms with Crippen molar-refractivity contribution in [3.63, 3.8) is 0 Å². The summed E-state index contributed by atoms with van der Waals surface area (Å²) in [4.78, 5) is 11.5. The van der Waals surface area contributed by atoms with Crippen LogP contribution in [-0.4, -0.2) is 39.1 Å². The fourth-order valence-corrected chi connectivity index (χ4v) is 3.22. The fourth-order valence-electron chi connectivity index (χ4n) is 2.11. The van der Waals surface area contributed by atoms with Crippen molar-refractivity contribution in [2.24, 2.45) is 5.92 Å². The van der Waals surface area contributed by atoms with Gasteiger partial charge in [0.2, 0.25) is 10.0 Å². The lowest BCUT2D eigenvalue weighted by atomic mass is 9.83. The summed E-state index contributed by atoms with van der Waals surface area (Å²) in [6, 6.07) is 5.76. The molecule has 0 aliphatic heterocycles. The Kier molecular flexibility index (Phi) is 4.42. The van der Waals surface area contributed by atoms with Crippen LogP contribution in [0.25, 0.3) is 0 Å². The molecule has 1 amide bonds. The Labute approximate surface area is 118 Å². The Morgan fingerprint density at radius 3 is 2.40 bits per heavy atom. The van der Waals surface area contributed by atoms with Crippen LogP contribution in [0.1, 0.15) is 23.2 Å². The lowest BCUT2D eigenvalue weighted by Gasteiger charge is -2.31. The standard InChI is InChI=1S/C13H18N2O4S/c1-14-13(17)10-2-4-12(5-3-10)20(18,19)15-8-9-6-11(16)7-9/h2-5,9,11,15-16H,6-8H2,1H3,(H,14,17). The molecule has 2 rings (SSSR count). The molecule has 110 valence electrons. The molecule has 0 heterocycles. The van der Waals surface area contributed by atoms with Crippen LogP contribution in [0.2, 0.25) is 0 Å². The Bertz CT molecular complexity index is 577. The largest absolute Gasteiger partial charge is 0.393 e. The normalized spacial score (nSPS) is 22.1. The molecule has 1 aliphatic carbocycles. The molecule has 1 aromatic carbocycles. The molecule has 6 nitrogen and oxygen atoms in total. The van der Waals surface area contributed by atoms with E-state index in [0.29, 0.717) is 24.9 Å². The molecule has 1 saturated carbocycles. The van der Waals surface area contributed by atoms with Gasteiger partial charge in [-0.15, -0.1) is 0 Å². The highest BCUT2D eigenvalue weighted by Gasteiger charge is 2.28. The molecule has 1 aromatic rings. The molecule has 0 unspecified atom stereocenters. The third-order valence-electron chi connectivity index (χ3n) is 3.43. The zero-order chi connectivity index (χ0) is 14.8. The minimum atomic E-state index is -3.56. The first-order valence-corrected chi connectivity index (χ1v) is 7.90. The van der Waals surface area contributed by atoms with Crippen LogP contribution >= 0.6 is 0 Å². The number of benzene rings is 1. The first-order chi connectivity index (χ1) is 9.42.